The summed E-state index contributed by atoms with van der Waals surface area (Å²) >= 11 is 0. The molecule has 0 amide bonds. The lowest BCUT2D eigenvalue weighted by Crippen LogP contribution is -2.05. The topological polar surface area (TPSA) is 73.8 Å². The van der Waals surface area contributed by atoms with Gasteiger partial charge < -0.3 is 10.1 Å². The molecule has 90 valence electrons. The monoisotopic (exact) mass is 226 g/mol. The van der Waals surface area contributed by atoms with Gasteiger partial charge in [0.1, 0.15) is 10.8 Å². The Morgan fingerprint density at radius 2 is 2.06 bits per heavy atom. The molecule has 0 saturated carbocycles. The van der Waals surface area contributed by atoms with Crippen LogP contribution < -0.4 is 0 Å². The third kappa shape index (κ3) is 3.01. The predicted octanol–water partition coefficient (Wildman–Crippen LogP) is 2.33. The van der Waals surface area contributed by atoms with Gasteiger partial charge in [-0.1, -0.05) is 33.1 Å². The lowest BCUT2D eigenvalue weighted by atomic mass is 10.2. The van der Waals surface area contributed by atoms with Crippen LogP contribution in [0.3, 0.4) is 0 Å². The van der Waals surface area contributed by atoms with E-state index in [0.29, 0.717) is 12.1 Å². The van der Waals surface area contributed by atoms with Crippen molar-refractivity contribution >= 4 is 5.82 Å². The zero-order valence-electron chi connectivity index (χ0n) is 9.85. The summed E-state index contributed by atoms with van der Waals surface area (Å²) in [6.45, 7) is 4.76. The minimum absolute atomic E-state index is 0.0991. The van der Waals surface area contributed by atoms with E-state index in [2.05, 4.69) is 17.2 Å². The van der Waals surface area contributed by atoms with E-state index < -0.39 is 4.92 Å². The van der Waals surface area contributed by atoms with E-state index in [1.807, 2.05) is 6.92 Å². The van der Waals surface area contributed by atoms with Crippen molar-refractivity contribution in [3.05, 3.63) is 15.8 Å². The second-order valence-corrected chi connectivity index (χ2v) is 3.75. The van der Waals surface area contributed by atoms with Gasteiger partial charge in [-0.25, -0.2) is 4.68 Å². The molecular formula is C10H18N4O2. The fourth-order valence-corrected chi connectivity index (χ4v) is 1.67. The van der Waals surface area contributed by atoms with Crippen LogP contribution in [-0.2, 0) is 13.0 Å². The van der Waals surface area contributed by atoms with Crippen LogP contribution in [0, 0.1) is 10.1 Å². The van der Waals surface area contributed by atoms with Gasteiger partial charge in [0.2, 0.25) is 0 Å². The van der Waals surface area contributed by atoms with Crippen molar-refractivity contribution in [3.63, 3.8) is 0 Å². The molecule has 1 aromatic rings. The van der Waals surface area contributed by atoms with Crippen LogP contribution in [0.15, 0.2) is 0 Å². The third-order valence-electron chi connectivity index (χ3n) is 2.55. The zero-order valence-corrected chi connectivity index (χ0v) is 9.85. The Morgan fingerprint density at radius 1 is 1.31 bits per heavy atom. The molecule has 0 aliphatic carbocycles. The van der Waals surface area contributed by atoms with E-state index in [1.165, 1.54) is 12.8 Å². The lowest BCUT2D eigenvalue weighted by Gasteiger charge is -2.02. The number of nitro groups is 1. The highest BCUT2D eigenvalue weighted by Gasteiger charge is 2.21. The van der Waals surface area contributed by atoms with Crippen molar-refractivity contribution in [3.8, 4) is 0 Å². The van der Waals surface area contributed by atoms with Crippen molar-refractivity contribution in [2.45, 2.75) is 52.5 Å². The van der Waals surface area contributed by atoms with Gasteiger partial charge in [-0.05, 0) is 17.8 Å². The van der Waals surface area contributed by atoms with Crippen LogP contribution in [0.2, 0.25) is 0 Å². The number of hydrogen-bond donors (Lipinski definition) is 0. The molecule has 0 radical (unpaired) electrons. The molecule has 0 saturated heterocycles. The number of nitrogens with zero attached hydrogens (tertiary/aromatic N) is 4. The highest BCUT2D eigenvalue weighted by Crippen LogP contribution is 2.15. The third-order valence-corrected chi connectivity index (χ3v) is 2.55. The quantitative estimate of drug-likeness (QED) is 0.406. The first-order valence-electron chi connectivity index (χ1n) is 5.77. The van der Waals surface area contributed by atoms with E-state index in [1.54, 1.807) is 4.68 Å². The van der Waals surface area contributed by atoms with Gasteiger partial charge in [-0.2, -0.15) is 0 Å². The van der Waals surface area contributed by atoms with E-state index in [0.717, 1.165) is 19.4 Å². The minimum atomic E-state index is -0.464. The summed E-state index contributed by atoms with van der Waals surface area (Å²) < 4.78 is 1.66. The van der Waals surface area contributed by atoms with Crippen LogP contribution >= 0.6 is 0 Å². The molecule has 1 heterocycles. The van der Waals surface area contributed by atoms with Crippen LogP contribution in [0.25, 0.3) is 0 Å². The Kier molecular flexibility index (Phi) is 4.88. The average molecular weight is 226 g/mol. The predicted molar refractivity (Wildman–Crippen MR) is 60.2 cm³/mol. The smallest absolute Gasteiger partial charge is 0.358 e. The molecule has 0 N–H and O–H groups in total. The number of unbranched alkanes of at least 4 members (excludes halogenated alkanes) is 3. The number of aromatic nitrogens is 3. The first-order valence-corrected chi connectivity index (χ1v) is 5.77. The molecule has 0 unspecified atom stereocenters. The van der Waals surface area contributed by atoms with E-state index >= 15 is 0 Å². The maximum atomic E-state index is 10.7. The van der Waals surface area contributed by atoms with Gasteiger partial charge in [0.15, 0.2) is 0 Å². The second-order valence-electron chi connectivity index (χ2n) is 3.75. The standard InChI is InChI=1S/C10H18N4O2/c1-3-5-6-7-8-13-9(4-2)10(11-12-13)14(15)16/h3-8H2,1-2H3. The molecule has 0 atom stereocenters. The second kappa shape index (κ2) is 6.19. The molecule has 6 nitrogen and oxygen atoms in total. The van der Waals surface area contributed by atoms with Crippen molar-refractivity contribution in [2.24, 2.45) is 0 Å². The van der Waals surface area contributed by atoms with Crippen molar-refractivity contribution in [1.29, 1.82) is 0 Å². The Balaban J connectivity index is 2.62. The van der Waals surface area contributed by atoms with Crippen LogP contribution in [0.1, 0.15) is 45.2 Å². The van der Waals surface area contributed by atoms with E-state index in [9.17, 15) is 10.1 Å². The summed E-state index contributed by atoms with van der Waals surface area (Å²) in [6, 6.07) is 0. The molecule has 16 heavy (non-hydrogen) atoms. The molecule has 1 rings (SSSR count). The highest BCUT2D eigenvalue weighted by atomic mass is 16.6. The Bertz CT molecular complexity index is 349. The Morgan fingerprint density at radius 3 is 2.62 bits per heavy atom. The summed E-state index contributed by atoms with van der Waals surface area (Å²) in [7, 11) is 0. The van der Waals surface area contributed by atoms with Crippen LogP contribution in [-0.4, -0.2) is 19.9 Å². The van der Waals surface area contributed by atoms with E-state index in [4.69, 9.17) is 0 Å². The van der Waals surface area contributed by atoms with Gasteiger partial charge in [0.05, 0.1) is 5.21 Å². The number of aryl methyl sites for hydroxylation is 1. The average Bonchev–Trinajstić information content (AvgIpc) is 2.67. The first kappa shape index (κ1) is 12.6. The van der Waals surface area contributed by atoms with E-state index in [-0.39, 0.29) is 5.82 Å². The van der Waals surface area contributed by atoms with Gasteiger partial charge in [0, 0.05) is 6.54 Å². The van der Waals surface area contributed by atoms with Gasteiger partial charge >= 0.3 is 5.82 Å². The molecule has 0 aliphatic heterocycles. The summed E-state index contributed by atoms with van der Waals surface area (Å²) in [5.74, 6) is -0.0991. The number of rotatable bonds is 7. The maximum Gasteiger partial charge on any atom is 0.413 e. The lowest BCUT2D eigenvalue weighted by molar-refractivity contribution is -0.390. The van der Waals surface area contributed by atoms with Gasteiger partial charge in [-0.15, -0.1) is 0 Å². The highest BCUT2D eigenvalue weighted by molar-refractivity contribution is 5.24. The van der Waals surface area contributed by atoms with Crippen LogP contribution in [0.4, 0.5) is 5.82 Å². The van der Waals surface area contributed by atoms with Gasteiger partial charge in [-0.3, -0.25) is 0 Å². The fraction of sp³-hybridized carbons (Fsp3) is 0.800. The molecule has 0 bridgehead atoms. The summed E-state index contributed by atoms with van der Waals surface area (Å²) in [5, 5.41) is 18.1. The maximum absolute atomic E-state index is 10.7. The normalized spacial score (nSPS) is 10.6. The van der Waals surface area contributed by atoms with Crippen molar-refractivity contribution in [2.75, 3.05) is 0 Å². The summed E-state index contributed by atoms with van der Waals surface area (Å²) in [5.41, 5.74) is 0.626. The Hall–Kier alpha value is -1.46. The van der Waals surface area contributed by atoms with Crippen LogP contribution in [0.5, 0.6) is 0 Å². The molecule has 0 spiro atoms. The first-order chi connectivity index (χ1) is 7.70. The minimum Gasteiger partial charge on any atom is -0.358 e. The molecular weight excluding hydrogens is 208 g/mol. The fourth-order valence-electron chi connectivity index (χ4n) is 1.67. The number of hydrogen-bond acceptors (Lipinski definition) is 4. The summed E-state index contributed by atoms with van der Waals surface area (Å²) in [4.78, 5) is 10.2. The van der Waals surface area contributed by atoms with Crippen molar-refractivity contribution < 1.29 is 4.92 Å². The Labute approximate surface area is 94.8 Å². The van der Waals surface area contributed by atoms with Crippen molar-refractivity contribution in [1.82, 2.24) is 15.0 Å². The summed E-state index contributed by atoms with van der Waals surface area (Å²) in [6.07, 6.45) is 5.10. The molecule has 0 aliphatic rings. The van der Waals surface area contributed by atoms with Gasteiger partial charge in [0.25, 0.3) is 0 Å². The largest absolute Gasteiger partial charge is 0.413 e. The zero-order chi connectivity index (χ0) is 12.0. The molecule has 0 fully saturated rings. The molecule has 1 aromatic heterocycles. The SMILES string of the molecule is CCCCCCn1nnc([N+](=O)[O-])c1CC. The molecule has 6 heteroatoms. The molecule has 0 aromatic carbocycles.